The number of Topliss-reactive ketones (excluding diaryl/α,β-unsaturated/α-hetero) is 1. The van der Waals surface area contributed by atoms with Crippen molar-refractivity contribution in [2.24, 2.45) is 5.92 Å². The molecule has 1 amide bonds. The molecule has 0 fully saturated rings. The zero-order valence-corrected chi connectivity index (χ0v) is 21.0. The average Bonchev–Trinajstić information content (AvgIpc) is 3.05. The monoisotopic (exact) mass is 468 g/mol. The summed E-state index contributed by atoms with van der Waals surface area (Å²) in [6, 6.07) is 11.5. The molecular formula is C27H33ClN2O3. The zero-order chi connectivity index (χ0) is 24.3. The lowest BCUT2D eigenvalue weighted by molar-refractivity contribution is 0.0635. The number of halogens is 1. The summed E-state index contributed by atoms with van der Waals surface area (Å²) in [6.07, 6.45) is 1.68. The van der Waals surface area contributed by atoms with E-state index in [2.05, 4.69) is 17.2 Å². The largest absolute Gasteiger partial charge is 0.444 e. The number of aromatic nitrogens is 1. The number of hydrogen-bond donors (Lipinski definition) is 2. The van der Waals surface area contributed by atoms with E-state index in [1.165, 1.54) is 0 Å². The molecule has 0 aliphatic carbocycles. The van der Waals surface area contributed by atoms with E-state index in [1.54, 1.807) is 0 Å². The fourth-order valence-electron chi connectivity index (χ4n) is 3.95. The number of ether oxygens (including phenoxy) is 1. The lowest BCUT2D eigenvalue weighted by Crippen LogP contribution is -2.27. The first-order valence-electron chi connectivity index (χ1n) is 11.4. The van der Waals surface area contributed by atoms with Gasteiger partial charge in [0.25, 0.3) is 0 Å². The third-order valence-electron chi connectivity index (χ3n) is 5.31. The van der Waals surface area contributed by atoms with Crippen molar-refractivity contribution in [3.63, 3.8) is 0 Å². The van der Waals surface area contributed by atoms with Crippen molar-refractivity contribution in [2.45, 2.75) is 66.4 Å². The number of aryl methyl sites for hydroxylation is 1. The number of hydrogen-bond acceptors (Lipinski definition) is 3. The Morgan fingerprint density at radius 3 is 2.42 bits per heavy atom. The van der Waals surface area contributed by atoms with Crippen molar-refractivity contribution in [1.82, 2.24) is 4.98 Å². The molecule has 0 aliphatic rings. The highest BCUT2D eigenvalue weighted by atomic mass is 35.5. The number of rotatable bonds is 7. The summed E-state index contributed by atoms with van der Waals surface area (Å²) in [6.45, 7) is 11.4. The molecule has 5 nitrogen and oxygen atoms in total. The van der Waals surface area contributed by atoms with Crippen LogP contribution in [-0.4, -0.2) is 22.5 Å². The summed E-state index contributed by atoms with van der Waals surface area (Å²) in [5, 5.41) is 4.40. The summed E-state index contributed by atoms with van der Waals surface area (Å²) in [5.41, 5.74) is 4.37. The fraction of sp³-hybridized carbons (Fsp3) is 0.407. The van der Waals surface area contributed by atoms with E-state index in [-0.39, 0.29) is 11.7 Å². The molecule has 1 aromatic heterocycles. The third kappa shape index (κ3) is 5.97. The Bertz CT molecular complexity index is 1170. The van der Waals surface area contributed by atoms with Gasteiger partial charge in [-0.25, -0.2) is 4.79 Å². The molecule has 3 rings (SSSR count). The maximum absolute atomic E-state index is 13.3. The Balaban J connectivity index is 2.19. The van der Waals surface area contributed by atoms with Gasteiger partial charge in [-0.2, -0.15) is 0 Å². The van der Waals surface area contributed by atoms with Crippen molar-refractivity contribution in [3.05, 3.63) is 63.8 Å². The molecule has 1 heterocycles. The topological polar surface area (TPSA) is 71.2 Å². The zero-order valence-electron chi connectivity index (χ0n) is 20.3. The molecule has 0 spiro atoms. The minimum Gasteiger partial charge on any atom is -0.444 e. The molecule has 0 saturated heterocycles. The number of benzene rings is 2. The van der Waals surface area contributed by atoms with Crippen molar-refractivity contribution in [1.29, 1.82) is 0 Å². The van der Waals surface area contributed by atoms with Crippen LogP contribution in [0.1, 0.15) is 75.1 Å². The number of aromatic amines is 1. The van der Waals surface area contributed by atoms with Crippen LogP contribution in [0, 0.1) is 5.92 Å². The second kappa shape index (κ2) is 10.0. The quantitative estimate of drug-likeness (QED) is 0.351. The summed E-state index contributed by atoms with van der Waals surface area (Å²) in [5.74, 6) is -0.0229. The molecule has 0 saturated carbocycles. The lowest BCUT2D eigenvalue weighted by Gasteiger charge is -2.20. The van der Waals surface area contributed by atoms with E-state index in [9.17, 15) is 9.59 Å². The highest BCUT2D eigenvalue weighted by Crippen LogP contribution is 2.34. The summed E-state index contributed by atoms with van der Waals surface area (Å²) < 4.78 is 5.43. The molecule has 0 unspecified atom stereocenters. The smallest absolute Gasteiger partial charge is 0.412 e. The normalized spacial score (nSPS) is 11.8. The van der Waals surface area contributed by atoms with Gasteiger partial charge < -0.3 is 9.72 Å². The molecule has 3 aromatic rings. The van der Waals surface area contributed by atoms with Crippen LogP contribution >= 0.6 is 11.6 Å². The number of ketones is 1. The van der Waals surface area contributed by atoms with Crippen LogP contribution in [0.4, 0.5) is 10.5 Å². The number of anilines is 1. The molecule has 0 aliphatic heterocycles. The van der Waals surface area contributed by atoms with E-state index in [0.717, 1.165) is 46.1 Å². The highest BCUT2D eigenvalue weighted by molar-refractivity contribution is 6.31. The molecule has 176 valence electrons. The SMILES string of the molecule is CCCc1[nH]c2cc(NC(=O)OC(C)(C)C)cc(Cc3ccccc3Cl)c2c1C(=O)C(C)C. The maximum Gasteiger partial charge on any atom is 0.412 e. The van der Waals surface area contributed by atoms with Gasteiger partial charge in [-0.1, -0.05) is 57.0 Å². The van der Waals surface area contributed by atoms with Gasteiger partial charge in [0.05, 0.1) is 0 Å². The third-order valence-corrected chi connectivity index (χ3v) is 5.68. The van der Waals surface area contributed by atoms with Gasteiger partial charge in [-0.3, -0.25) is 10.1 Å². The van der Waals surface area contributed by atoms with Crippen LogP contribution in [0.15, 0.2) is 36.4 Å². The molecule has 0 atom stereocenters. The Morgan fingerprint density at radius 1 is 1.12 bits per heavy atom. The fourth-order valence-corrected chi connectivity index (χ4v) is 4.15. The molecule has 0 radical (unpaired) electrons. The lowest BCUT2D eigenvalue weighted by atomic mass is 9.92. The van der Waals surface area contributed by atoms with Crippen LogP contribution in [0.5, 0.6) is 0 Å². The molecular weight excluding hydrogens is 436 g/mol. The van der Waals surface area contributed by atoms with Crippen LogP contribution in [0.3, 0.4) is 0 Å². The standard InChI is InChI=1S/C27H33ClN2O3/c1-7-10-21-24(25(31)16(2)3)23-18(13-17-11-8-9-12-20(17)28)14-19(15-22(23)30-21)29-26(32)33-27(4,5)6/h8-9,11-12,14-16,30H,7,10,13H2,1-6H3,(H,29,32). The number of H-pyrrole nitrogens is 1. The molecule has 2 N–H and O–H groups in total. The van der Waals surface area contributed by atoms with Crippen molar-refractivity contribution < 1.29 is 14.3 Å². The van der Waals surface area contributed by atoms with E-state index in [4.69, 9.17) is 16.3 Å². The van der Waals surface area contributed by atoms with Crippen molar-refractivity contribution in [2.75, 3.05) is 5.32 Å². The average molecular weight is 469 g/mol. The van der Waals surface area contributed by atoms with Crippen LogP contribution < -0.4 is 5.32 Å². The maximum atomic E-state index is 13.3. The summed E-state index contributed by atoms with van der Waals surface area (Å²) in [4.78, 5) is 29.2. The first-order chi connectivity index (χ1) is 15.5. The van der Waals surface area contributed by atoms with E-state index < -0.39 is 11.7 Å². The van der Waals surface area contributed by atoms with Crippen molar-refractivity contribution in [3.8, 4) is 0 Å². The molecule has 2 aromatic carbocycles. The minimum absolute atomic E-state index is 0.109. The van der Waals surface area contributed by atoms with Crippen LogP contribution in [0.25, 0.3) is 10.9 Å². The van der Waals surface area contributed by atoms with Crippen LogP contribution in [-0.2, 0) is 17.6 Å². The van der Waals surface area contributed by atoms with Gasteiger partial charge >= 0.3 is 6.09 Å². The second-order valence-corrected chi connectivity index (χ2v) is 10.1. The Labute approximate surface area is 200 Å². The predicted molar refractivity (Wildman–Crippen MR) is 136 cm³/mol. The number of nitrogens with one attached hydrogen (secondary N) is 2. The molecule has 33 heavy (non-hydrogen) atoms. The van der Waals surface area contributed by atoms with Crippen molar-refractivity contribution >= 4 is 40.1 Å². The summed E-state index contributed by atoms with van der Waals surface area (Å²) in [7, 11) is 0. The number of carbonyl (C=O) groups is 2. The van der Waals surface area contributed by atoms with E-state index in [0.29, 0.717) is 17.1 Å². The minimum atomic E-state index is -0.605. The second-order valence-electron chi connectivity index (χ2n) is 9.70. The Morgan fingerprint density at radius 2 is 1.82 bits per heavy atom. The van der Waals surface area contributed by atoms with Crippen LogP contribution in [0.2, 0.25) is 5.02 Å². The van der Waals surface area contributed by atoms with E-state index in [1.807, 2.05) is 71.0 Å². The highest BCUT2D eigenvalue weighted by Gasteiger charge is 2.24. The van der Waals surface area contributed by atoms with Gasteiger partial charge in [0.1, 0.15) is 5.60 Å². The molecule has 0 bridgehead atoms. The number of fused-ring (bicyclic) bond motifs is 1. The predicted octanol–water partition coefficient (Wildman–Crippen LogP) is 7.55. The number of amides is 1. The first kappa shape index (κ1) is 24.8. The van der Waals surface area contributed by atoms with Gasteiger partial charge in [0.2, 0.25) is 0 Å². The van der Waals surface area contributed by atoms with E-state index >= 15 is 0 Å². The van der Waals surface area contributed by atoms with Gasteiger partial charge in [-0.15, -0.1) is 0 Å². The van der Waals surface area contributed by atoms with Gasteiger partial charge in [0.15, 0.2) is 5.78 Å². The Hall–Kier alpha value is -2.79. The first-order valence-corrected chi connectivity index (χ1v) is 11.8. The Kier molecular flexibility index (Phi) is 7.53. The number of carbonyl (C=O) groups excluding carboxylic acids is 2. The van der Waals surface area contributed by atoms with Gasteiger partial charge in [-0.05, 0) is 62.9 Å². The van der Waals surface area contributed by atoms with Gasteiger partial charge in [0, 0.05) is 38.8 Å². The molecule has 6 heteroatoms. The summed E-state index contributed by atoms with van der Waals surface area (Å²) >= 11 is 6.47.